The monoisotopic (exact) mass is 308 g/mol. The predicted molar refractivity (Wildman–Crippen MR) is 87.1 cm³/mol. The van der Waals surface area contributed by atoms with E-state index in [9.17, 15) is 14.4 Å². The number of amides is 2. The summed E-state index contributed by atoms with van der Waals surface area (Å²) >= 11 is 0. The maximum Gasteiger partial charge on any atom is 0.247 e. The fourth-order valence-electron chi connectivity index (χ4n) is 2.62. The molecule has 2 aromatic carbocycles. The fourth-order valence-corrected chi connectivity index (χ4v) is 2.62. The lowest BCUT2D eigenvalue weighted by molar-refractivity contribution is -0.134. The maximum absolute atomic E-state index is 12.5. The number of anilines is 2. The van der Waals surface area contributed by atoms with Crippen molar-refractivity contribution in [2.75, 3.05) is 16.8 Å². The van der Waals surface area contributed by atoms with Crippen molar-refractivity contribution in [2.45, 2.75) is 6.92 Å². The van der Waals surface area contributed by atoms with Crippen molar-refractivity contribution in [1.29, 1.82) is 0 Å². The molecule has 0 saturated carbocycles. The molecule has 5 nitrogen and oxygen atoms in total. The van der Waals surface area contributed by atoms with E-state index in [0.29, 0.717) is 11.4 Å². The van der Waals surface area contributed by atoms with Gasteiger partial charge in [-0.15, -0.1) is 0 Å². The summed E-state index contributed by atoms with van der Waals surface area (Å²) in [7, 11) is 0. The van der Waals surface area contributed by atoms with Gasteiger partial charge in [-0.25, -0.2) is 0 Å². The minimum absolute atomic E-state index is 0.0747. The first-order valence-corrected chi connectivity index (χ1v) is 7.33. The second kappa shape index (κ2) is 6.04. The third-order valence-corrected chi connectivity index (χ3v) is 3.88. The van der Waals surface area contributed by atoms with Gasteiger partial charge in [-0.2, -0.15) is 0 Å². The highest BCUT2D eigenvalue weighted by atomic mass is 16.2. The van der Waals surface area contributed by atoms with Crippen LogP contribution in [0.1, 0.15) is 5.56 Å². The number of aryl methyl sites for hydroxylation is 1. The summed E-state index contributed by atoms with van der Waals surface area (Å²) in [6, 6.07) is 16.1. The van der Waals surface area contributed by atoms with Crippen LogP contribution in [0.25, 0.3) is 0 Å². The van der Waals surface area contributed by atoms with E-state index >= 15 is 0 Å². The number of hydrogen-bond donors (Lipinski definition) is 1. The molecule has 5 heteroatoms. The van der Waals surface area contributed by atoms with Gasteiger partial charge in [-0.3, -0.25) is 14.4 Å². The molecule has 3 rings (SSSR count). The molecule has 2 aromatic rings. The van der Waals surface area contributed by atoms with Crippen molar-refractivity contribution >= 4 is 29.0 Å². The number of nitrogens with zero attached hydrogens (tertiary/aromatic N) is 1. The number of benzene rings is 2. The van der Waals surface area contributed by atoms with Crippen LogP contribution in [0.5, 0.6) is 0 Å². The minimum Gasteiger partial charge on any atom is -0.325 e. The summed E-state index contributed by atoms with van der Waals surface area (Å²) in [6.45, 7) is 1.78. The average Bonchev–Trinajstić information content (AvgIpc) is 2.85. The second-order valence-electron chi connectivity index (χ2n) is 5.46. The molecule has 0 spiro atoms. The standard InChI is InChI=1S/C18H16N2O3/c1-12-7-5-6-10-14(12)19-17(22)16-15(21)11-20(18(16)23)13-8-3-2-4-9-13/h2-10,16H,11H2,1H3,(H,19,22)/t16-/m0/s1. The molecule has 0 bridgehead atoms. The molecule has 0 aliphatic carbocycles. The van der Waals surface area contributed by atoms with Crippen LogP contribution in [0, 0.1) is 12.8 Å². The van der Waals surface area contributed by atoms with E-state index in [2.05, 4.69) is 5.32 Å². The zero-order valence-corrected chi connectivity index (χ0v) is 12.7. The van der Waals surface area contributed by atoms with E-state index in [4.69, 9.17) is 0 Å². The van der Waals surface area contributed by atoms with E-state index < -0.39 is 17.7 Å². The van der Waals surface area contributed by atoms with Crippen molar-refractivity contribution in [3.63, 3.8) is 0 Å². The zero-order chi connectivity index (χ0) is 16.4. The molecule has 0 aromatic heterocycles. The van der Waals surface area contributed by atoms with E-state index in [1.54, 1.807) is 36.4 Å². The molecular formula is C18H16N2O3. The SMILES string of the molecule is Cc1ccccc1NC(=O)[C@@H]1C(=O)CN(c2ccccc2)C1=O. The Morgan fingerprint density at radius 1 is 1.04 bits per heavy atom. The molecule has 1 saturated heterocycles. The molecule has 1 heterocycles. The summed E-state index contributed by atoms with van der Waals surface area (Å²) in [5, 5.41) is 2.68. The van der Waals surface area contributed by atoms with Crippen LogP contribution in [-0.2, 0) is 14.4 Å². The number of rotatable bonds is 3. The molecule has 2 amide bonds. The van der Waals surface area contributed by atoms with E-state index in [1.165, 1.54) is 4.90 Å². The van der Waals surface area contributed by atoms with E-state index in [0.717, 1.165) is 5.56 Å². The third kappa shape index (κ3) is 2.85. The Labute approximate surface area is 133 Å². The van der Waals surface area contributed by atoms with Crippen LogP contribution in [0.4, 0.5) is 11.4 Å². The quantitative estimate of drug-likeness (QED) is 0.884. The molecule has 1 atom stereocenters. The molecule has 23 heavy (non-hydrogen) atoms. The van der Waals surface area contributed by atoms with Gasteiger partial charge in [0.25, 0.3) is 0 Å². The van der Waals surface area contributed by atoms with Gasteiger partial charge in [0.15, 0.2) is 11.7 Å². The van der Waals surface area contributed by atoms with Gasteiger partial charge in [0, 0.05) is 11.4 Å². The first-order chi connectivity index (χ1) is 11.1. The lowest BCUT2D eigenvalue weighted by atomic mass is 10.1. The highest BCUT2D eigenvalue weighted by Crippen LogP contribution is 2.24. The van der Waals surface area contributed by atoms with Crippen LogP contribution in [0.2, 0.25) is 0 Å². The van der Waals surface area contributed by atoms with Crippen molar-refractivity contribution < 1.29 is 14.4 Å². The summed E-state index contributed by atoms with van der Waals surface area (Å²) in [5.41, 5.74) is 2.10. The topological polar surface area (TPSA) is 66.5 Å². The van der Waals surface area contributed by atoms with Crippen LogP contribution >= 0.6 is 0 Å². The Hall–Kier alpha value is -2.95. The van der Waals surface area contributed by atoms with Gasteiger partial charge in [0.2, 0.25) is 11.8 Å². The fraction of sp³-hybridized carbons (Fsp3) is 0.167. The molecule has 116 valence electrons. The number of carbonyl (C=O) groups is 3. The molecule has 0 unspecified atom stereocenters. The van der Waals surface area contributed by atoms with Crippen molar-refractivity contribution in [3.05, 3.63) is 60.2 Å². The highest BCUT2D eigenvalue weighted by molar-refractivity contribution is 6.30. The third-order valence-electron chi connectivity index (χ3n) is 3.88. The van der Waals surface area contributed by atoms with Gasteiger partial charge < -0.3 is 10.2 Å². The number of ketones is 1. The smallest absolute Gasteiger partial charge is 0.247 e. The largest absolute Gasteiger partial charge is 0.325 e. The Morgan fingerprint density at radius 3 is 2.39 bits per heavy atom. The van der Waals surface area contributed by atoms with Crippen LogP contribution in [0.3, 0.4) is 0 Å². The van der Waals surface area contributed by atoms with Gasteiger partial charge >= 0.3 is 0 Å². The Bertz CT molecular complexity index is 771. The summed E-state index contributed by atoms with van der Waals surface area (Å²) in [5.74, 6) is -2.72. The van der Waals surface area contributed by atoms with Crippen molar-refractivity contribution in [2.24, 2.45) is 5.92 Å². The molecule has 1 aliphatic rings. The number of carbonyl (C=O) groups excluding carboxylic acids is 3. The zero-order valence-electron chi connectivity index (χ0n) is 12.7. The first kappa shape index (κ1) is 15.0. The van der Waals surface area contributed by atoms with E-state index in [-0.39, 0.29) is 12.3 Å². The van der Waals surface area contributed by atoms with Crippen LogP contribution in [0.15, 0.2) is 54.6 Å². The first-order valence-electron chi connectivity index (χ1n) is 7.33. The minimum atomic E-state index is -1.28. The lowest BCUT2D eigenvalue weighted by Crippen LogP contribution is -2.34. The summed E-state index contributed by atoms with van der Waals surface area (Å²) in [6.07, 6.45) is 0. The summed E-state index contributed by atoms with van der Waals surface area (Å²) in [4.78, 5) is 38.4. The van der Waals surface area contributed by atoms with Crippen molar-refractivity contribution in [1.82, 2.24) is 0 Å². The van der Waals surface area contributed by atoms with E-state index in [1.807, 2.05) is 25.1 Å². The number of nitrogens with one attached hydrogen (secondary N) is 1. The number of Topliss-reactive ketones (excluding diaryl/α,β-unsaturated/α-hetero) is 1. The molecule has 1 N–H and O–H groups in total. The van der Waals surface area contributed by atoms with Gasteiger partial charge in [-0.05, 0) is 30.7 Å². The van der Waals surface area contributed by atoms with Crippen LogP contribution < -0.4 is 10.2 Å². The Morgan fingerprint density at radius 2 is 1.70 bits per heavy atom. The molecule has 1 aliphatic heterocycles. The number of para-hydroxylation sites is 2. The Balaban J connectivity index is 1.80. The second-order valence-corrected chi connectivity index (χ2v) is 5.46. The lowest BCUT2D eigenvalue weighted by Gasteiger charge is -2.15. The average molecular weight is 308 g/mol. The van der Waals surface area contributed by atoms with Gasteiger partial charge in [-0.1, -0.05) is 36.4 Å². The number of hydrogen-bond acceptors (Lipinski definition) is 3. The Kier molecular flexibility index (Phi) is 3.93. The van der Waals surface area contributed by atoms with Gasteiger partial charge in [0.1, 0.15) is 0 Å². The normalized spacial score (nSPS) is 17.4. The van der Waals surface area contributed by atoms with Crippen LogP contribution in [-0.4, -0.2) is 24.1 Å². The predicted octanol–water partition coefficient (Wildman–Crippen LogP) is 2.17. The summed E-state index contributed by atoms with van der Waals surface area (Å²) < 4.78 is 0. The molecular weight excluding hydrogens is 292 g/mol. The highest BCUT2D eigenvalue weighted by Gasteiger charge is 2.44. The maximum atomic E-state index is 12.5. The van der Waals surface area contributed by atoms with Gasteiger partial charge in [0.05, 0.1) is 6.54 Å². The molecule has 1 fully saturated rings. The van der Waals surface area contributed by atoms with Crippen molar-refractivity contribution in [3.8, 4) is 0 Å². The molecule has 0 radical (unpaired) electrons.